The summed E-state index contributed by atoms with van der Waals surface area (Å²) in [4.78, 5) is 18.9. The van der Waals surface area contributed by atoms with Gasteiger partial charge in [-0.2, -0.15) is 13.5 Å². The third kappa shape index (κ3) is 3.14. The quantitative estimate of drug-likeness (QED) is 0.690. The predicted octanol–water partition coefficient (Wildman–Crippen LogP) is 1.82. The zero-order valence-corrected chi connectivity index (χ0v) is 16.7. The van der Waals surface area contributed by atoms with Crippen molar-refractivity contribution in [2.75, 3.05) is 11.9 Å². The fraction of sp³-hybridized carbons (Fsp3) is 0.200. The van der Waals surface area contributed by atoms with Crippen LogP contribution in [0.1, 0.15) is 18.4 Å². The van der Waals surface area contributed by atoms with Crippen molar-refractivity contribution >= 4 is 27.5 Å². The van der Waals surface area contributed by atoms with E-state index in [1.54, 1.807) is 52.3 Å². The highest BCUT2D eigenvalue weighted by atomic mass is 32.2. The molecule has 30 heavy (non-hydrogen) atoms. The monoisotopic (exact) mass is 422 g/mol. The molecule has 3 aromatic rings. The number of aromatic nitrogens is 3. The van der Waals surface area contributed by atoms with Crippen molar-refractivity contribution in [1.29, 1.82) is 0 Å². The predicted molar refractivity (Wildman–Crippen MR) is 110 cm³/mol. The van der Waals surface area contributed by atoms with E-state index in [4.69, 9.17) is 0 Å². The molecule has 2 aliphatic heterocycles. The van der Waals surface area contributed by atoms with Gasteiger partial charge in [0, 0.05) is 17.8 Å². The number of fused-ring (bicyclic) bond motifs is 1. The van der Waals surface area contributed by atoms with Crippen LogP contribution in [0.3, 0.4) is 0 Å². The molecule has 3 heterocycles. The second kappa shape index (κ2) is 7.06. The zero-order chi connectivity index (χ0) is 20.7. The average Bonchev–Trinajstić information content (AvgIpc) is 3.48. The maximum Gasteiger partial charge on any atom is 0.285 e. The number of carbonyl (C=O) groups is 1. The van der Waals surface area contributed by atoms with E-state index in [1.807, 2.05) is 12.1 Å². The second-order valence-corrected chi connectivity index (χ2v) is 8.69. The third-order valence-electron chi connectivity index (χ3n) is 5.26. The van der Waals surface area contributed by atoms with Crippen molar-refractivity contribution in [1.82, 2.24) is 19.7 Å². The standard InChI is InChI=1S/C20H18N6O3S/c27-20(23-14-7-9-15(10-8-14)26-13-21-12-22-26)17-5-3-11-25(17)19-16-4-1-2-6-18(16)30(28,29)24-19/h1-2,4,6-10,12-13,17H,3,5,11H2,(H,23,27)/t17-/m0/s1. The van der Waals surface area contributed by atoms with Gasteiger partial charge in [0.05, 0.1) is 5.69 Å². The minimum Gasteiger partial charge on any atom is -0.343 e. The summed E-state index contributed by atoms with van der Waals surface area (Å²) in [5, 5.41) is 7.00. The lowest BCUT2D eigenvalue weighted by Gasteiger charge is -2.25. The number of likely N-dealkylation sites (tertiary alicyclic amines) is 1. The van der Waals surface area contributed by atoms with Crippen LogP contribution < -0.4 is 5.32 Å². The number of benzene rings is 2. The average molecular weight is 422 g/mol. The molecule has 0 aliphatic carbocycles. The lowest BCUT2D eigenvalue weighted by atomic mass is 10.1. The molecule has 5 rings (SSSR count). The maximum absolute atomic E-state index is 13.0. The first-order chi connectivity index (χ1) is 14.5. The summed E-state index contributed by atoms with van der Waals surface area (Å²) in [6, 6.07) is 13.5. The van der Waals surface area contributed by atoms with E-state index in [9.17, 15) is 13.2 Å². The van der Waals surface area contributed by atoms with Gasteiger partial charge < -0.3 is 10.2 Å². The molecule has 1 aromatic heterocycles. The molecule has 1 atom stereocenters. The van der Waals surface area contributed by atoms with Gasteiger partial charge in [0.1, 0.15) is 23.6 Å². The summed E-state index contributed by atoms with van der Waals surface area (Å²) >= 11 is 0. The van der Waals surface area contributed by atoms with Crippen LogP contribution in [0, 0.1) is 0 Å². The van der Waals surface area contributed by atoms with Gasteiger partial charge in [0.25, 0.3) is 10.0 Å². The molecule has 1 N–H and O–H groups in total. The van der Waals surface area contributed by atoms with Crippen molar-refractivity contribution in [3.05, 3.63) is 66.7 Å². The summed E-state index contributed by atoms with van der Waals surface area (Å²) in [7, 11) is -3.73. The fourth-order valence-electron chi connectivity index (χ4n) is 3.85. The van der Waals surface area contributed by atoms with E-state index in [0.29, 0.717) is 30.1 Å². The van der Waals surface area contributed by atoms with Gasteiger partial charge in [-0.25, -0.2) is 9.67 Å². The van der Waals surface area contributed by atoms with Gasteiger partial charge in [0.15, 0.2) is 5.84 Å². The van der Waals surface area contributed by atoms with Crippen LogP contribution in [0.5, 0.6) is 0 Å². The number of rotatable bonds is 3. The smallest absolute Gasteiger partial charge is 0.285 e. The molecule has 0 spiro atoms. The van der Waals surface area contributed by atoms with Crippen LogP contribution in [-0.4, -0.2) is 52.4 Å². The van der Waals surface area contributed by atoms with Crippen molar-refractivity contribution in [3.8, 4) is 5.69 Å². The van der Waals surface area contributed by atoms with E-state index in [2.05, 4.69) is 19.8 Å². The highest BCUT2D eigenvalue weighted by molar-refractivity contribution is 7.90. The van der Waals surface area contributed by atoms with Gasteiger partial charge in [-0.3, -0.25) is 4.79 Å². The molecule has 152 valence electrons. The number of carbonyl (C=O) groups excluding carboxylic acids is 1. The van der Waals surface area contributed by atoms with Gasteiger partial charge in [-0.15, -0.1) is 4.40 Å². The largest absolute Gasteiger partial charge is 0.343 e. The third-order valence-corrected chi connectivity index (χ3v) is 6.58. The van der Waals surface area contributed by atoms with Gasteiger partial charge in [-0.1, -0.05) is 12.1 Å². The molecule has 1 saturated heterocycles. The molecule has 2 aliphatic rings. The molecule has 2 aromatic carbocycles. The summed E-state index contributed by atoms with van der Waals surface area (Å²) in [5.41, 5.74) is 2.03. The Hall–Kier alpha value is -3.53. The van der Waals surface area contributed by atoms with Crippen LogP contribution in [0.2, 0.25) is 0 Å². The van der Waals surface area contributed by atoms with E-state index >= 15 is 0 Å². The van der Waals surface area contributed by atoms with Crippen molar-refractivity contribution in [2.24, 2.45) is 4.40 Å². The lowest BCUT2D eigenvalue weighted by Crippen LogP contribution is -2.43. The van der Waals surface area contributed by atoms with Crippen LogP contribution in [0.4, 0.5) is 5.69 Å². The number of sulfonamides is 1. The Morgan fingerprint density at radius 2 is 1.90 bits per heavy atom. The first-order valence-electron chi connectivity index (χ1n) is 9.50. The van der Waals surface area contributed by atoms with E-state index in [0.717, 1.165) is 12.1 Å². The minimum absolute atomic E-state index is 0.189. The van der Waals surface area contributed by atoms with Gasteiger partial charge in [-0.05, 0) is 49.2 Å². The Balaban J connectivity index is 1.36. The van der Waals surface area contributed by atoms with Crippen LogP contribution in [0.15, 0.2) is 70.5 Å². The summed E-state index contributed by atoms with van der Waals surface area (Å²) in [5.74, 6) is 0.162. The van der Waals surface area contributed by atoms with E-state index in [-0.39, 0.29) is 10.8 Å². The van der Waals surface area contributed by atoms with Crippen LogP contribution >= 0.6 is 0 Å². The lowest BCUT2D eigenvalue weighted by molar-refractivity contribution is -0.119. The molecular formula is C20H18N6O3S. The first kappa shape index (κ1) is 18.5. The van der Waals surface area contributed by atoms with Crippen LogP contribution in [0.25, 0.3) is 5.69 Å². The number of nitrogens with one attached hydrogen (secondary N) is 1. The van der Waals surface area contributed by atoms with E-state index < -0.39 is 16.1 Å². The Morgan fingerprint density at radius 3 is 2.67 bits per heavy atom. The topological polar surface area (TPSA) is 110 Å². The number of amidine groups is 1. The highest BCUT2D eigenvalue weighted by Crippen LogP contribution is 2.31. The zero-order valence-electron chi connectivity index (χ0n) is 15.8. The normalized spacial score (nSPS) is 19.4. The van der Waals surface area contributed by atoms with Crippen molar-refractivity contribution in [3.63, 3.8) is 0 Å². The second-order valence-electron chi connectivity index (χ2n) is 7.11. The summed E-state index contributed by atoms with van der Waals surface area (Å²) in [6.07, 6.45) is 4.46. The Morgan fingerprint density at radius 1 is 1.10 bits per heavy atom. The summed E-state index contributed by atoms with van der Waals surface area (Å²) in [6.45, 7) is 0.575. The first-order valence-corrected chi connectivity index (χ1v) is 10.9. The number of amides is 1. The Labute approximate surface area is 173 Å². The Bertz CT molecular complexity index is 1240. The van der Waals surface area contributed by atoms with Gasteiger partial charge >= 0.3 is 0 Å². The molecule has 9 nitrogen and oxygen atoms in total. The molecule has 0 radical (unpaired) electrons. The maximum atomic E-state index is 13.0. The van der Waals surface area contributed by atoms with Crippen molar-refractivity contribution < 1.29 is 13.2 Å². The van der Waals surface area contributed by atoms with E-state index in [1.165, 1.54) is 6.33 Å². The number of anilines is 1. The van der Waals surface area contributed by atoms with Gasteiger partial charge in [0.2, 0.25) is 5.91 Å². The highest BCUT2D eigenvalue weighted by Gasteiger charge is 2.39. The molecule has 1 amide bonds. The number of hydrogen-bond acceptors (Lipinski definition) is 6. The number of nitrogens with zero attached hydrogens (tertiary/aromatic N) is 5. The molecule has 10 heteroatoms. The summed E-state index contributed by atoms with van der Waals surface area (Å²) < 4.78 is 30.4. The fourth-order valence-corrected chi connectivity index (χ4v) is 5.07. The molecule has 0 saturated carbocycles. The SMILES string of the molecule is O=C(Nc1ccc(-n2cncn2)cc1)[C@@H]1CCCN1C1=NS(=O)(=O)c2ccccc21. The molecule has 0 bridgehead atoms. The molecule has 1 fully saturated rings. The molecular weight excluding hydrogens is 404 g/mol. The Kier molecular flexibility index (Phi) is 4.35. The minimum atomic E-state index is -3.73. The number of hydrogen-bond donors (Lipinski definition) is 1. The van der Waals surface area contributed by atoms with Crippen LogP contribution in [-0.2, 0) is 14.8 Å². The van der Waals surface area contributed by atoms with Crippen molar-refractivity contribution in [2.45, 2.75) is 23.8 Å². The molecule has 0 unspecified atom stereocenters.